The number of hydrogen-bond donors (Lipinski definition) is 1. The Labute approximate surface area is 268 Å². The van der Waals surface area contributed by atoms with E-state index in [1.807, 2.05) is 0 Å². The topological polar surface area (TPSA) is 37.3 Å². The fourth-order valence-electron chi connectivity index (χ4n) is 6.05. The molecule has 0 aliphatic carbocycles. The van der Waals surface area contributed by atoms with Crippen molar-refractivity contribution in [3.8, 4) is 0 Å². The summed E-state index contributed by atoms with van der Waals surface area (Å²) in [6.07, 6.45) is 46.1. The normalized spacial score (nSPS) is 11.6. The van der Waals surface area contributed by atoms with Crippen LogP contribution in [0.1, 0.15) is 218 Å². The monoisotopic (exact) mass is 634 g/mol. The molecule has 0 saturated heterocycles. The highest BCUT2D eigenvalue weighted by Gasteiger charge is 2.01. The predicted molar refractivity (Wildman–Crippen MR) is 188 cm³/mol. The molecule has 0 amide bonds. The van der Waals surface area contributed by atoms with Gasteiger partial charge >= 0.3 is 5.97 Å². The fraction of sp³-hybridized carbons (Fsp3) is 0.972. The third-order valence-electron chi connectivity index (χ3n) is 8.81. The summed E-state index contributed by atoms with van der Waals surface area (Å²) in [4.78, 5) is 10.5. The van der Waals surface area contributed by atoms with Crippen LogP contribution in [-0.4, -0.2) is 18.5 Å². The molecule has 0 unspecified atom stereocenters. The first-order valence-corrected chi connectivity index (χ1v) is 22.9. The summed E-state index contributed by atoms with van der Waals surface area (Å²) in [5.74, 6) is -0.650. The van der Waals surface area contributed by atoms with E-state index in [0.717, 1.165) is 18.9 Å². The van der Waals surface area contributed by atoms with Gasteiger partial charge in [-0.15, -0.1) is 0 Å². The maximum atomic E-state index is 10.5. The van der Waals surface area contributed by atoms with Gasteiger partial charge in [-0.1, -0.05) is 205 Å². The molecular formula is C36H72Cl2O2Si. The summed E-state index contributed by atoms with van der Waals surface area (Å²) >= 11 is 11.8. The third-order valence-corrected chi connectivity index (χ3v) is 11.0. The lowest BCUT2D eigenvalue weighted by atomic mass is 10.0. The highest BCUT2D eigenvalue weighted by molar-refractivity contribution is 7.33. The zero-order valence-corrected chi connectivity index (χ0v) is 30.1. The van der Waals surface area contributed by atoms with Gasteiger partial charge in [-0.2, -0.15) is 22.2 Å². The Morgan fingerprint density at radius 1 is 0.341 bits per heavy atom. The third kappa shape index (κ3) is 40.3. The minimum atomic E-state index is -1.34. The average molecular weight is 636 g/mol. The van der Waals surface area contributed by atoms with Gasteiger partial charge in [0, 0.05) is 6.42 Å². The first-order valence-electron chi connectivity index (χ1n) is 18.6. The lowest BCUT2D eigenvalue weighted by Crippen LogP contribution is -1.93. The van der Waals surface area contributed by atoms with E-state index in [2.05, 4.69) is 0 Å². The second-order valence-corrected chi connectivity index (χ2v) is 18.2. The largest absolute Gasteiger partial charge is 0.481 e. The van der Waals surface area contributed by atoms with Gasteiger partial charge < -0.3 is 5.11 Å². The number of halogens is 2. The van der Waals surface area contributed by atoms with Crippen LogP contribution < -0.4 is 0 Å². The first kappa shape index (κ1) is 41.3. The predicted octanol–water partition coefficient (Wildman–Crippen LogP) is 14.0. The van der Waals surface area contributed by atoms with E-state index >= 15 is 0 Å². The minimum Gasteiger partial charge on any atom is -0.481 e. The zero-order chi connectivity index (χ0) is 29.9. The van der Waals surface area contributed by atoms with E-state index < -0.39 is 13.4 Å². The Hall–Kier alpha value is 0.267. The molecule has 0 saturated carbocycles. The van der Waals surface area contributed by atoms with Gasteiger partial charge in [-0.3, -0.25) is 4.79 Å². The highest BCUT2D eigenvalue weighted by Crippen LogP contribution is 2.17. The Bertz CT molecular complexity index is 504. The molecule has 0 rings (SSSR count). The van der Waals surface area contributed by atoms with Crippen molar-refractivity contribution in [1.82, 2.24) is 0 Å². The molecule has 1 N–H and O–H groups in total. The van der Waals surface area contributed by atoms with Crippen LogP contribution >= 0.6 is 22.2 Å². The SMILES string of the molecule is O=C(O)CCCCCCCCCCCCCCCCCCCCCCCCCCCCCCCCCCC[SiH](Cl)Cl. The van der Waals surface area contributed by atoms with Crippen molar-refractivity contribution < 1.29 is 9.90 Å². The summed E-state index contributed by atoms with van der Waals surface area (Å²) in [5, 5.41) is 8.64. The Morgan fingerprint density at radius 2 is 0.512 bits per heavy atom. The number of carboxylic acid groups (broad SMARTS) is 1. The molecule has 0 aromatic heterocycles. The maximum absolute atomic E-state index is 10.5. The molecule has 0 aromatic rings. The molecule has 0 radical (unpaired) electrons. The van der Waals surface area contributed by atoms with Crippen LogP contribution in [-0.2, 0) is 4.79 Å². The lowest BCUT2D eigenvalue weighted by Gasteiger charge is -2.05. The van der Waals surface area contributed by atoms with Gasteiger partial charge in [-0.05, 0) is 12.5 Å². The molecule has 0 aliphatic rings. The smallest absolute Gasteiger partial charge is 0.303 e. The number of aliphatic carboxylic acids is 1. The van der Waals surface area contributed by atoms with E-state index in [4.69, 9.17) is 27.3 Å². The number of carboxylic acids is 1. The number of hydrogen-bond acceptors (Lipinski definition) is 1. The van der Waals surface area contributed by atoms with Crippen molar-refractivity contribution in [3.63, 3.8) is 0 Å². The van der Waals surface area contributed by atoms with E-state index in [-0.39, 0.29) is 0 Å². The lowest BCUT2D eigenvalue weighted by molar-refractivity contribution is -0.137. The molecule has 0 atom stereocenters. The Kier molecular flexibility index (Phi) is 36.7. The van der Waals surface area contributed by atoms with E-state index in [0.29, 0.717) is 6.42 Å². The molecule has 41 heavy (non-hydrogen) atoms. The van der Waals surface area contributed by atoms with E-state index in [1.54, 1.807) is 0 Å². The average Bonchev–Trinajstić information content (AvgIpc) is 2.94. The number of unbranched alkanes of at least 4 members (excludes halogenated alkanes) is 32. The summed E-state index contributed by atoms with van der Waals surface area (Å²) < 4.78 is 0. The van der Waals surface area contributed by atoms with Crippen LogP contribution in [0.25, 0.3) is 0 Å². The second-order valence-electron chi connectivity index (χ2n) is 13.0. The molecule has 2 nitrogen and oxygen atoms in total. The van der Waals surface area contributed by atoms with E-state index in [1.165, 1.54) is 199 Å². The molecule has 0 bridgehead atoms. The highest BCUT2D eigenvalue weighted by atomic mass is 35.7. The van der Waals surface area contributed by atoms with Crippen molar-refractivity contribution in [2.24, 2.45) is 0 Å². The molecular weight excluding hydrogens is 563 g/mol. The van der Waals surface area contributed by atoms with Gasteiger partial charge in [0.25, 0.3) is 0 Å². The number of carbonyl (C=O) groups is 1. The molecule has 0 heterocycles. The summed E-state index contributed by atoms with van der Waals surface area (Å²) in [7, 11) is -1.34. The molecule has 0 fully saturated rings. The van der Waals surface area contributed by atoms with Crippen molar-refractivity contribution in [1.29, 1.82) is 0 Å². The van der Waals surface area contributed by atoms with Crippen molar-refractivity contribution in [3.05, 3.63) is 0 Å². The molecule has 0 spiro atoms. The van der Waals surface area contributed by atoms with Crippen molar-refractivity contribution in [2.75, 3.05) is 0 Å². The zero-order valence-electron chi connectivity index (χ0n) is 27.4. The molecule has 5 heteroatoms. The van der Waals surface area contributed by atoms with Crippen LogP contribution in [0.5, 0.6) is 0 Å². The standard InChI is InChI=1S/C36H72Cl2O2Si/c37-41(38)35-33-31-29-27-25-23-21-19-17-15-13-11-9-7-5-3-1-2-4-6-8-10-12-14-16-18-20-22-24-26-28-30-32-34-36(39)40/h41H,1-35H2,(H,39,40). The van der Waals surface area contributed by atoms with Crippen LogP contribution in [0.3, 0.4) is 0 Å². The minimum absolute atomic E-state index is 0.344. The molecule has 0 aliphatic heterocycles. The Balaban J connectivity index is 3.04. The van der Waals surface area contributed by atoms with Gasteiger partial charge in [0.1, 0.15) is 0 Å². The second kappa shape index (κ2) is 36.5. The summed E-state index contributed by atoms with van der Waals surface area (Å²) in [6.45, 7) is 0. The first-order chi connectivity index (χ1) is 20.1. The van der Waals surface area contributed by atoms with Crippen LogP contribution in [0.2, 0.25) is 6.04 Å². The van der Waals surface area contributed by atoms with Crippen LogP contribution in [0.4, 0.5) is 0 Å². The van der Waals surface area contributed by atoms with Gasteiger partial charge in [0.05, 0.1) is 0 Å². The summed E-state index contributed by atoms with van der Waals surface area (Å²) in [6, 6.07) is 1.09. The van der Waals surface area contributed by atoms with Gasteiger partial charge in [-0.25, -0.2) is 0 Å². The maximum Gasteiger partial charge on any atom is 0.303 e. The summed E-state index contributed by atoms with van der Waals surface area (Å²) in [5.41, 5.74) is 0. The van der Waals surface area contributed by atoms with Crippen LogP contribution in [0.15, 0.2) is 0 Å². The molecule has 246 valence electrons. The van der Waals surface area contributed by atoms with Crippen LogP contribution in [0, 0.1) is 0 Å². The quantitative estimate of drug-likeness (QED) is 0.0422. The fourth-order valence-corrected chi connectivity index (χ4v) is 7.58. The number of rotatable bonds is 36. The van der Waals surface area contributed by atoms with Gasteiger partial charge in [0.15, 0.2) is 0 Å². The van der Waals surface area contributed by atoms with Crippen molar-refractivity contribution >= 4 is 35.5 Å². The van der Waals surface area contributed by atoms with Gasteiger partial charge in [0.2, 0.25) is 7.42 Å². The van der Waals surface area contributed by atoms with E-state index in [9.17, 15) is 4.79 Å². The van der Waals surface area contributed by atoms with Crippen molar-refractivity contribution in [2.45, 2.75) is 224 Å². The Morgan fingerprint density at radius 3 is 0.683 bits per heavy atom. The molecule has 0 aromatic carbocycles.